The number of benzene rings is 3. The van der Waals surface area contributed by atoms with Crippen LogP contribution in [0.3, 0.4) is 0 Å². The number of nitrogens with one attached hydrogen (secondary N) is 1. The van der Waals surface area contributed by atoms with Gasteiger partial charge in [0.15, 0.2) is 0 Å². The zero-order valence-electron chi connectivity index (χ0n) is 21.0. The molecule has 0 heterocycles. The number of nitrogens with zero attached hydrogens (tertiary/aromatic N) is 2. The molecule has 7 nitrogen and oxygen atoms in total. The predicted octanol–water partition coefficient (Wildman–Crippen LogP) is 4.97. The molecule has 0 saturated carbocycles. The number of sulfonamides is 1. The second kappa shape index (κ2) is 12.0. The molecule has 0 radical (unpaired) electrons. The summed E-state index contributed by atoms with van der Waals surface area (Å²) in [4.78, 5) is 27.6. The molecule has 37 heavy (non-hydrogen) atoms. The van der Waals surface area contributed by atoms with E-state index in [1.165, 1.54) is 24.1 Å². The van der Waals surface area contributed by atoms with Gasteiger partial charge in [-0.05, 0) is 62.7 Å². The lowest BCUT2D eigenvalue weighted by Gasteiger charge is -2.32. The zero-order chi connectivity index (χ0) is 27.3. The van der Waals surface area contributed by atoms with Crippen LogP contribution in [0.2, 0.25) is 10.0 Å². The van der Waals surface area contributed by atoms with E-state index < -0.39 is 34.4 Å². The molecule has 1 atom stereocenters. The Kier molecular flexibility index (Phi) is 9.23. The molecule has 2 amide bonds. The van der Waals surface area contributed by atoms with E-state index in [-0.39, 0.29) is 11.4 Å². The SMILES string of the molecule is CNC(=O)[C@H](C)N(Cc1ccc(Cl)cc1Cl)C(=O)CN(c1ccc(C)cc1)S(=O)(=O)c1ccc(C)cc1. The second-order valence-corrected chi connectivity index (χ2v) is 11.4. The van der Waals surface area contributed by atoms with Crippen LogP contribution in [0.5, 0.6) is 0 Å². The van der Waals surface area contributed by atoms with Gasteiger partial charge in [-0.25, -0.2) is 8.42 Å². The predicted molar refractivity (Wildman–Crippen MR) is 147 cm³/mol. The summed E-state index contributed by atoms with van der Waals surface area (Å²) in [6.07, 6.45) is 0. The van der Waals surface area contributed by atoms with Crippen molar-refractivity contribution in [3.63, 3.8) is 0 Å². The fourth-order valence-electron chi connectivity index (χ4n) is 3.70. The number of carbonyl (C=O) groups excluding carboxylic acids is 2. The van der Waals surface area contributed by atoms with Gasteiger partial charge in [-0.2, -0.15) is 0 Å². The maximum Gasteiger partial charge on any atom is 0.264 e. The standard InChI is InChI=1S/C27H29Cl2N3O4S/c1-18-5-11-23(12-6-18)32(37(35,36)24-13-7-19(2)8-14-24)17-26(33)31(20(3)27(34)30-4)16-21-9-10-22(28)15-25(21)29/h5-15,20H,16-17H2,1-4H3,(H,30,34)/t20-/m0/s1. The number of anilines is 1. The molecule has 0 aliphatic rings. The zero-order valence-corrected chi connectivity index (χ0v) is 23.4. The molecule has 0 fully saturated rings. The Morgan fingerprint density at radius 3 is 2.03 bits per heavy atom. The molecular formula is C27H29Cl2N3O4S. The average Bonchev–Trinajstić information content (AvgIpc) is 2.86. The first-order valence-electron chi connectivity index (χ1n) is 11.5. The molecule has 1 N–H and O–H groups in total. The van der Waals surface area contributed by atoms with Crippen molar-refractivity contribution in [3.05, 3.63) is 93.5 Å². The number of likely N-dealkylation sites (N-methyl/N-ethyl adjacent to an activating group) is 1. The highest BCUT2D eigenvalue weighted by Gasteiger charge is 2.32. The van der Waals surface area contributed by atoms with E-state index in [9.17, 15) is 18.0 Å². The van der Waals surface area contributed by atoms with Crippen LogP contribution >= 0.6 is 23.2 Å². The van der Waals surface area contributed by atoms with Crippen molar-refractivity contribution < 1.29 is 18.0 Å². The summed E-state index contributed by atoms with van der Waals surface area (Å²) in [6, 6.07) is 17.2. The van der Waals surface area contributed by atoms with Crippen molar-refractivity contribution in [2.75, 3.05) is 17.9 Å². The van der Waals surface area contributed by atoms with Crippen LogP contribution in [0.15, 0.2) is 71.6 Å². The van der Waals surface area contributed by atoms with Crippen LogP contribution in [0, 0.1) is 13.8 Å². The molecule has 196 valence electrons. The molecule has 0 bridgehead atoms. The first-order chi connectivity index (χ1) is 17.4. The van der Waals surface area contributed by atoms with E-state index in [0.717, 1.165) is 15.4 Å². The summed E-state index contributed by atoms with van der Waals surface area (Å²) in [5, 5.41) is 3.31. The van der Waals surface area contributed by atoms with E-state index in [4.69, 9.17) is 23.2 Å². The largest absolute Gasteiger partial charge is 0.357 e. The minimum absolute atomic E-state index is 0.0181. The van der Waals surface area contributed by atoms with Crippen molar-refractivity contribution in [3.8, 4) is 0 Å². The van der Waals surface area contributed by atoms with E-state index in [1.807, 2.05) is 13.8 Å². The molecule has 0 saturated heterocycles. The highest BCUT2D eigenvalue weighted by Crippen LogP contribution is 2.27. The van der Waals surface area contributed by atoms with Crippen molar-refractivity contribution >= 4 is 50.7 Å². The second-order valence-electron chi connectivity index (χ2n) is 8.71. The van der Waals surface area contributed by atoms with Gasteiger partial charge in [-0.1, -0.05) is 64.7 Å². The molecule has 10 heteroatoms. The van der Waals surface area contributed by atoms with Gasteiger partial charge in [-0.15, -0.1) is 0 Å². The van der Waals surface area contributed by atoms with Crippen LogP contribution in [0.25, 0.3) is 0 Å². The molecule has 0 aromatic heterocycles. The number of halogens is 2. The Balaban J connectivity index is 2.04. The first-order valence-corrected chi connectivity index (χ1v) is 13.7. The monoisotopic (exact) mass is 561 g/mol. The van der Waals surface area contributed by atoms with Crippen molar-refractivity contribution in [1.29, 1.82) is 0 Å². The third-order valence-electron chi connectivity index (χ3n) is 5.98. The summed E-state index contributed by atoms with van der Waals surface area (Å²) in [5.41, 5.74) is 2.74. The Labute approximate surface area is 228 Å². The highest BCUT2D eigenvalue weighted by atomic mass is 35.5. The molecule has 0 aliphatic heterocycles. The number of hydrogen-bond acceptors (Lipinski definition) is 4. The van der Waals surface area contributed by atoms with Gasteiger partial charge in [0, 0.05) is 23.6 Å². The van der Waals surface area contributed by atoms with Gasteiger partial charge in [-0.3, -0.25) is 13.9 Å². The normalized spacial score (nSPS) is 12.1. The summed E-state index contributed by atoms with van der Waals surface area (Å²) in [5.74, 6) is -0.972. The third-order valence-corrected chi connectivity index (χ3v) is 8.35. The number of carbonyl (C=O) groups is 2. The van der Waals surface area contributed by atoms with Crippen molar-refractivity contribution in [2.24, 2.45) is 0 Å². The van der Waals surface area contributed by atoms with Crippen molar-refractivity contribution in [2.45, 2.75) is 38.3 Å². The smallest absolute Gasteiger partial charge is 0.264 e. The lowest BCUT2D eigenvalue weighted by Crippen LogP contribution is -2.50. The highest BCUT2D eigenvalue weighted by molar-refractivity contribution is 7.92. The Hall–Kier alpha value is -3.07. The molecule has 3 aromatic carbocycles. The quantitative estimate of drug-likeness (QED) is 0.399. The molecule has 3 rings (SSSR count). The lowest BCUT2D eigenvalue weighted by atomic mass is 10.1. The molecule has 3 aromatic rings. The van der Waals surface area contributed by atoms with E-state index in [0.29, 0.717) is 21.3 Å². The minimum Gasteiger partial charge on any atom is -0.357 e. The number of hydrogen-bond donors (Lipinski definition) is 1. The summed E-state index contributed by atoms with van der Waals surface area (Å²) >= 11 is 12.4. The van der Waals surface area contributed by atoms with Gasteiger partial charge in [0.1, 0.15) is 12.6 Å². The molecule has 0 spiro atoms. The fraction of sp³-hybridized carbons (Fsp3) is 0.259. The van der Waals surface area contributed by atoms with E-state index >= 15 is 0 Å². The Morgan fingerprint density at radius 1 is 0.919 bits per heavy atom. The van der Waals surface area contributed by atoms with Gasteiger partial charge in [0.25, 0.3) is 10.0 Å². The third kappa shape index (κ3) is 6.83. The summed E-state index contributed by atoms with van der Waals surface area (Å²) in [6.45, 7) is 4.78. The lowest BCUT2D eigenvalue weighted by molar-refractivity contribution is -0.139. The van der Waals surface area contributed by atoms with Crippen LogP contribution < -0.4 is 9.62 Å². The van der Waals surface area contributed by atoms with Crippen LogP contribution in [0.4, 0.5) is 5.69 Å². The molecule has 0 unspecified atom stereocenters. The number of amides is 2. The summed E-state index contributed by atoms with van der Waals surface area (Å²) in [7, 11) is -2.64. The maximum absolute atomic E-state index is 13.7. The number of rotatable bonds is 9. The van der Waals surface area contributed by atoms with E-state index in [1.54, 1.807) is 61.5 Å². The molecule has 0 aliphatic carbocycles. The van der Waals surface area contributed by atoms with Crippen LogP contribution in [-0.2, 0) is 26.2 Å². The minimum atomic E-state index is -4.11. The van der Waals surface area contributed by atoms with Crippen LogP contribution in [-0.4, -0.2) is 44.8 Å². The molecular weight excluding hydrogens is 533 g/mol. The fourth-order valence-corrected chi connectivity index (χ4v) is 5.58. The van der Waals surface area contributed by atoms with E-state index in [2.05, 4.69) is 5.32 Å². The van der Waals surface area contributed by atoms with Gasteiger partial charge in [0.2, 0.25) is 11.8 Å². The van der Waals surface area contributed by atoms with Crippen LogP contribution in [0.1, 0.15) is 23.6 Å². The van der Waals surface area contributed by atoms with Gasteiger partial charge >= 0.3 is 0 Å². The average molecular weight is 563 g/mol. The first kappa shape index (κ1) is 28.5. The maximum atomic E-state index is 13.7. The topological polar surface area (TPSA) is 86.8 Å². The van der Waals surface area contributed by atoms with Crippen molar-refractivity contribution in [1.82, 2.24) is 10.2 Å². The Bertz CT molecular complexity index is 1380. The van der Waals surface area contributed by atoms with Gasteiger partial charge < -0.3 is 10.2 Å². The Morgan fingerprint density at radius 2 is 1.49 bits per heavy atom. The van der Waals surface area contributed by atoms with Gasteiger partial charge in [0.05, 0.1) is 10.6 Å². The number of aryl methyl sites for hydroxylation is 2. The summed E-state index contributed by atoms with van der Waals surface area (Å²) < 4.78 is 28.5.